The Kier molecular flexibility index (Phi) is 9.31. The number of aliphatic imine (C=N–C) groups is 1. The van der Waals surface area contributed by atoms with Gasteiger partial charge in [0.2, 0.25) is 0 Å². The van der Waals surface area contributed by atoms with Crippen LogP contribution in [0.3, 0.4) is 0 Å². The summed E-state index contributed by atoms with van der Waals surface area (Å²) in [5.41, 5.74) is 0.877. The molecule has 0 aromatic heterocycles. The van der Waals surface area contributed by atoms with Crippen molar-refractivity contribution < 1.29 is 9.47 Å². The molecule has 0 atom stereocenters. The number of hydrogen-bond donors (Lipinski definition) is 2. The summed E-state index contributed by atoms with van der Waals surface area (Å²) >= 11 is 0. The van der Waals surface area contributed by atoms with Gasteiger partial charge in [-0.15, -0.1) is 0 Å². The SMILES string of the molecule is CCNC(=NCc1cccc(OCCN(C)C)c1)NCC(C)(C)OC. The highest BCUT2D eigenvalue weighted by Gasteiger charge is 2.16. The molecule has 0 unspecified atom stereocenters. The van der Waals surface area contributed by atoms with Gasteiger partial charge in [0.05, 0.1) is 12.1 Å². The Labute approximate surface area is 152 Å². The number of rotatable bonds is 10. The van der Waals surface area contributed by atoms with E-state index in [2.05, 4.69) is 33.5 Å². The maximum absolute atomic E-state index is 5.78. The highest BCUT2D eigenvalue weighted by atomic mass is 16.5. The molecule has 0 amide bonds. The zero-order chi connectivity index (χ0) is 18.7. The lowest BCUT2D eigenvalue weighted by molar-refractivity contribution is 0.0268. The zero-order valence-electron chi connectivity index (χ0n) is 16.6. The fraction of sp³-hybridized carbons (Fsp3) is 0.632. The summed E-state index contributed by atoms with van der Waals surface area (Å²) in [5.74, 6) is 1.67. The molecule has 0 saturated heterocycles. The molecule has 0 bridgehead atoms. The first-order chi connectivity index (χ1) is 11.9. The normalized spacial score (nSPS) is 12.4. The van der Waals surface area contributed by atoms with Gasteiger partial charge in [-0.25, -0.2) is 4.99 Å². The van der Waals surface area contributed by atoms with Crippen LogP contribution in [0.2, 0.25) is 0 Å². The molecule has 1 rings (SSSR count). The molecule has 0 aliphatic rings. The second-order valence-corrected chi connectivity index (χ2v) is 6.81. The van der Waals surface area contributed by atoms with E-state index in [1.807, 2.05) is 46.1 Å². The molecule has 0 saturated carbocycles. The molecule has 6 nitrogen and oxygen atoms in total. The number of hydrogen-bond acceptors (Lipinski definition) is 4. The molecule has 0 aliphatic heterocycles. The van der Waals surface area contributed by atoms with Gasteiger partial charge in [-0.1, -0.05) is 12.1 Å². The summed E-state index contributed by atoms with van der Waals surface area (Å²) in [6.07, 6.45) is 0. The van der Waals surface area contributed by atoms with Gasteiger partial charge in [-0.2, -0.15) is 0 Å². The molecule has 2 N–H and O–H groups in total. The van der Waals surface area contributed by atoms with E-state index >= 15 is 0 Å². The first-order valence-corrected chi connectivity index (χ1v) is 8.80. The van der Waals surface area contributed by atoms with Gasteiger partial charge in [-0.05, 0) is 52.6 Å². The number of likely N-dealkylation sites (N-methyl/N-ethyl adjacent to an activating group) is 1. The van der Waals surface area contributed by atoms with Crippen molar-refractivity contribution in [1.82, 2.24) is 15.5 Å². The Morgan fingerprint density at radius 3 is 2.64 bits per heavy atom. The highest BCUT2D eigenvalue weighted by Crippen LogP contribution is 2.14. The topological polar surface area (TPSA) is 58.1 Å². The first kappa shape index (κ1) is 21.3. The number of benzene rings is 1. The van der Waals surface area contributed by atoms with Crippen molar-refractivity contribution >= 4 is 5.96 Å². The van der Waals surface area contributed by atoms with E-state index in [1.165, 1.54) is 0 Å². The minimum absolute atomic E-state index is 0.240. The lowest BCUT2D eigenvalue weighted by Crippen LogP contribution is -2.45. The maximum Gasteiger partial charge on any atom is 0.191 e. The van der Waals surface area contributed by atoms with Crippen LogP contribution in [-0.4, -0.2) is 63.9 Å². The van der Waals surface area contributed by atoms with Crippen molar-refractivity contribution in [2.24, 2.45) is 4.99 Å². The lowest BCUT2D eigenvalue weighted by Gasteiger charge is -2.24. The summed E-state index contributed by atoms with van der Waals surface area (Å²) in [6, 6.07) is 8.09. The molecule has 0 fully saturated rings. The molecule has 0 spiro atoms. The number of methoxy groups -OCH3 is 1. The van der Waals surface area contributed by atoms with Gasteiger partial charge in [0.1, 0.15) is 12.4 Å². The van der Waals surface area contributed by atoms with Gasteiger partial charge in [-0.3, -0.25) is 0 Å². The quantitative estimate of drug-likeness (QED) is 0.500. The standard InChI is InChI=1S/C19H34N4O2/c1-7-20-18(22-15-19(2,3)24-6)21-14-16-9-8-10-17(13-16)25-12-11-23(4)5/h8-10,13H,7,11-12,14-15H2,1-6H3,(H2,20,21,22). The van der Waals surface area contributed by atoms with E-state index in [1.54, 1.807) is 7.11 Å². The van der Waals surface area contributed by atoms with Crippen LogP contribution in [0.4, 0.5) is 0 Å². The lowest BCUT2D eigenvalue weighted by atomic mass is 10.1. The second-order valence-electron chi connectivity index (χ2n) is 6.81. The number of ether oxygens (including phenoxy) is 2. The zero-order valence-corrected chi connectivity index (χ0v) is 16.6. The van der Waals surface area contributed by atoms with E-state index < -0.39 is 0 Å². The average Bonchev–Trinajstić information content (AvgIpc) is 2.57. The first-order valence-electron chi connectivity index (χ1n) is 8.80. The predicted molar refractivity (Wildman–Crippen MR) is 104 cm³/mol. The average molecular weight is 351 g/mol. The van der Waals surface area contributed by atoms with Gasteiger partial charge in [0.15, 0.2) is 5.96 Å². The van der Waals surface area contributed by atoms with Crippen molar-refractivity contribution in [1.29, 1.82) is 0 Å². The summed E-state index contributed by atoms with van der Waals surface area (Å²) in [7, 11) is 5.79. The van der Waals surface area contributed by atoms with Crippen molar-refractivity contribution in [2.75, 3.05) is 47.4 Å². The number of guanidine groups is 1. The molecule has 0 aliphatic carbocycles. The Hall–Kier alpha value is -1.79. The van der Waals surface area contributed by atoms with Gasteiger partial charge >= 0.3 is 0 Å². The van der Waals surface area contributed by atoms with Crippen LogP contribution in [0.5, 0.6) is 5.75 Å². The largest absolute Gasteiger partial charge is 0.492 e. The Balaban J connectivity index is 2.62. The minimum Gasteiger partial charge on any atom is -0.492 e. The molecule has 1 aromatic rings. The van der Waals surface area contributed by atoms with Crippen LogP contribution in [0.25, 0.3) is 0 Å². The van der Waals surface area contributed by atoms with Crippen LogP contribution < -0.4 is 15.4 Å². The molecule has 25 heavy (non-hydrogen) atoms. The Bertz CT molecular complexity index is 530. The number of nitrogens with one attached hydrogen (secondary N) is 2. The molecule has 6 heteroatoms. The van der Waals surface area contributed by atoms with Crippen molar-refractivity contribution in [2.45, 2.75) is 32.9 Å². The molecule has 142 valence electrons. The fourth-order valence-corrected chi connectivity index (χ4v) is 1.96. The second kappa shape index (κ2) is 10.9. The van der Waals surface area contributed by atoms with E-state index in [4.69, 9.17) is 9.47 Å². The molecule has 0 radical (unpaired) electrons. The van der Waals surface area contributed by atoms with Crippen LogP contribution in [0.15, 0.2) is 29.3 Å². The van der Waals surface area contributed by atoms with E-state index in [0.717, 1.165) is 30.4 Å². The third kappa shape index (κ3) is 9.31. The van der Waals surface area contributed by atoms with Crippen molar-refractivity contribution in [3.63, 3.8) is 0 Å². The summed E-state index contributed by atoms with van der Waals surface area (Å²) in [4.78, 5) is 6.75. The summed E-state index contributed by atoms with van der Waals surface area (Å²) in [5, 5.41) is 6.58. The molecular weight excluding hydrogens is 316 g/mol. The van der Waals surface area contributed by atoms with Crippen LogP contribution in [0, 0.1) is 0 Å². The van der Waals surface area contributed by atoms with Gasteiger partial charge < -0.3 is 25.0 Å². The van der Waals surface area contributed by atoms with Gasteiger partial charge in [0, 0.05) is 26.7 Å². The van der Waals surface area contributed by atoms with Crippen LogP contribution >= 0.6 is 0 Å². The molecule has 0 heterocycles. The fourth-order valence-electron chi connectivity index (χ4n) is 1.96. The van der Waals surface area contributed by atoms with Crippen molar-refractivity contribution in [3.05, 3.63) is 29.8 Å². The van der Waals surface area contributed by atoms with E-state index in [9.17, 15) is 0 Å². The minimum atomic E-state index is -0.240. The van der Waals surface area contributed by atoms with Crippen molar-refractivity contribution in [3.8, 4) is 5.75 Å². The molecular formula is C19H34N4O2. The number of nitrogens with zero attached hydrogens (tertiary/aromatic N) is 2. The maximum atomic E-state index is 5.78. The smallest absolute Gasteiger partial charge is 0.191 e. The molecule has 1 aromatic carbocycles. The van der Waals surface area contributed by atoms with Crippen LogP contribution in [-0.2, 0) is 11.3 Å². The summed E-state index contributed by atoms with van der Waals surface area (Å²) in [6.45, 7) is 9.79. The Morgan fingerprint density at radius 1 is 1.24 bits per heavy atom. The van der Waals surface area contributed by atoms with E-state index in [-0.39, 0.29) is 5.60 Å². The Morgan fingerprint density at radius 2 is 2.00 bits per heavy atom. The summed E-state index contributed by atoms with van der Waals surface area (Å²) < 4.78 is 11.2. The highest BCUT2D eigenvalue weighted by molar-refractivity contribution is 5.79. The van der Waals surface area contributed by atoms with E-state index in [0.29, 0.717) is 19.7 Å². The van der Waals surface area contributed by atoms with Gasteiger partial charge in [0.25, 0.3) is 0 Å². The third-order valence-electron chi connectivity index (χ3n) is 3.70. The van der Waals surface area contributed by atoms with Crippen LogP contribution in [0.1, 0.15) is 26.3 Å². The monoisotopic (exact) mass is 350 g/mol. The third-order valence-corrected chi connectivity index (χ3v) is 3.70. The predicted octanol–water partition coefficient (Wildman–Crippen LogP) is 2.11.